The molecule has 1 amide bonds. The lowest BCUT2D eigenvalue weighted by Crippen LogP contribution is -2.41. The molecule has 2 rings (SSSR count). The number of carboxylic acids is 1. The lowest BCUT2D eigenvalue weighted by Gasteiger charge is -2.21. The molecule has 2 bridgehead atoms. The number of carbonyl (C=O) groups excluding carboxylic acids is 1. The minimum Gasteiger partial charge on any atom is -0.481 e. The largest absolute Gasteiger partial charge is 0.481 e. The summed E-state index contributed by atoms with van der Waals surface area (Å²) in [5, 5.41) is 11.7. The maximum Gasteiger partial charge on any atom is 0.308 e. The van der Waals surface area contributed by atoms with Crippen LogP contribution in [0.1, 0.15) is 19.3 Å². The first-order valence-corrected chi connectivity index (χ1v) is 5.82. The molecule has 0 saturated carbocycles. The number of fused-ring (bicyclic) bond motifs is 2. The molecule has 0 spiro atoms. The van der Waals surface area contributed by atoms with Gasteiger partial charge >= 0.3 is 5.97 Å². The average Bonchev–Trinajstić information content (AvgIpc) is 2.83. The molecule has 17 heavy (non-hydrogen) atoms. The number of hydrogen-bond donors (Lipinski definition) is 2. The van der Waals surface area contributed by atoms with Crippen LogP contribution in [0.2, 0.25) is 0 Å². The fourth-order valence-electron chi connectivity index (χ4n) is 2.98. The van der Waals surface area contributed by atoms with Crippen molar-refractivity contribution in [3.8, 4) is 12.3 Å². The number of carbonyl (C=O) groups is 2. The molecule has 3 unspecified atom stereocenters. The second kappa shape index (κ2) is 4.76. The second-order valence-corrected chi connectivity index (χ2v) is 4.63. The molecule has 0 aliphatic carbocycles. The third kappa shape index (κ3) is 2.27. The lowest BCUT2D eigenvalue weighted by atomic mass is 9.89. The molecule has 2 fully saturated rings. The number of aliphatic carboxylic acids is 1. The van der Waals surface area contributed by atoms with Crippen molar-refractivity contribution in [2.75, 3.05) is 13.1 Å². The second-order valence-electron chi connectivity index (χ2n) is 4.63. The van der Waals surface area contributed by atoms with Gasteiger partial charge in [0.25, 0.3) is 0 Å². The summed E-state index contributed by atoms with van der Waals surface area (Å²) in [6.07, 6.45) is 7.60. The summed E-state index contributed by atoms with van der Waals surface area (Å²) >= 11 is 0. The first-order chi connectivity index (χ1) is 8.13. The molecule has 0 aromatic heterocycles. The van der Waals surface area contributed by atoms with Crippen LogP contribution in [0.25, 0.3) is 0 Å². The van der Waals surface area contributed by atoms with Crippen molar-refractivity contribution in [2.24, 2.45) is 5.92 Å². The number of amides is 1. The van der Waals surface area contributed by atoms with Gasteiger partial charge < -0.3 is 10.4 Å². The summed E-state index contributed by atoms with van der Waals surface area (Å²) in [7, 11) is 0. The van der Waals surface area contributed by atoms with Crippen molar-refractivity contribution in [3.63, 3.8) is 0 Å². The fraction of sp³-hybridized carbons (Fsp3) is 0.667. The summed E-state index contributed by atoms with van der Waals surface area (Å²) < 4.78 is 0. The van der Waals surface area contributed by atoms with Crippen LogP contribution in [0.4, 0.5) is 0 Å². The van der Waals surface area contributed by atoms with Crippen molar-refractivity contribution in [1.29, 1.82) is 0 Å². The SMILES string of the molecule is C#CCNC(=O)CN1C2CCC1C(C(=O)O)C2. The Bertz CT molecular complexity index is 374. The normalized spacial score (nSPS) is 31.1. The van der Waals surface area contributed by atoms with Crippen LogP contribution in [-0.2, 0) is 9.59 Å². The number of terminal acetylenes is 1. The van der Waals surface area contributed by atoms with Crippen molar-refractivity contribution in [2.45, 2.75) is 31.3 Å². The molecule has 2 aliphatic rings. The predicted molar refractivity (Wildman–Crippen MR) is 61.1 cm³/mol. The van der Waals surface area contributed by atoms with E-state index >= 15 is 0 Å². The smallest absolute Gasteiger partial charge is 0.308 e. The van der Waals surface area contributed by atoms with E-state index in [9.17, 15) is 9.59 Å². The van der Waals surface area contributed by atoms with Crippen molar-refractivity contribution in [3.05, 3.63) is 0 Å². The molecule has 2 aliphatic heterocycles. The van der Waals surface area contributed by atoms with Crippen LogP contribution < -0.4 is 5.32 Å². The Morgan fingerprint density at radius 2 is 2.24 bits per heavy atom. The minimum atomic E-state index is -0.744. The molecule has 2 saturated heterocycles. The van der Waals surface area contributed by atoms with Gasteiger partial charge in [0, 0.05) is 12.1 Å². The number of hydrogen-bond acceptors (Lipinski definition) is 3. The van der Waals surface area contributed by atoms with E-state index in [0.29, 0.717) is 6.42 Å². The summed E-state index contributed by atoms with van der Waals surface area (Å²) in [6, 6.07) is 0.270. The zero-order valence-electron chi connectivity index (χ0n) is 9.56. The van der Waals surface area contributed by atoms with E-state index in [0.717, 1.165) is 12.8 Å². The number of nitrogens with zero attached hydrogens (tertiary/aromatic N) is 1. The lowest BCUT2D eigenvalue weighted by molar-refractivity contribution is -0.143. The van der Waals surface area contributed by atoms with Crippen LogP contribution in [0.3, 0.4) is 0 Å². The van der Waals surface area contributed by atoms with Crippen LogP contribution in [0, 0.1) is 18.3 Å². The van der Waals surface area contributed by atoms with Gasteiger partial charge in [-0.1, -0.05) is 5.92 Å². The molecule has 92 valence electrons. The van der Waals surface area contributed by atoms with Crippen LogP contribution in [-0.4, -0.2) is 47.1 Å². The standard InChI is InChI=1S/C12H16N2O3/c1-2-5-13-11(15)7-14-8-3-4-10(14)9(6-8)12(16)17/h1,8-10H,3-7H2,(H,13,15)(H,16,17). The van der Waals surface area contributed by atoms with E-state index in [2.05, 4.69) is 11.2 Å². The molecule has 3 atom stereocenters. The molecule has 0 aromatic carbocycles. The Kier molecular flexibility index (Phi) is 3.34. The summed E-state index contributed by atoms with van der Waals surface area (Å²) in [5.74, 6) is 1.17. The van der Waals surface area contributed by atoms with E-state index in [1.165, 1.54) is 0 Å². The Morgan fingerprint density at radius 3 is 2.82 bits per heavy atom. The van der Waals surface area contributed by atoms with Gasteiger partial charge in [0.2, 0.25) is 5.91 Å². The number of carboxylic acid groups (broad SMARTS) is 1. The van der Waals surface area contributed by atoms with Crippen LogP contribution >= 0.6 is 0 Å². The first kappa shape index (κ1) is 11.9. The van der Waals surface area contributed by atoms with Crippen LogP contribution in [0.15, 0.2) is 0 Å². The molecule has 0 aromatic rings. The molecule has 5 nitrogen and oxygen atoms in total. The highest BCUT2D eigenvalue weighted by molar-refractivity contribution is 5.79. The fourth-order valence-corrected chi connectivity index (χ4v) is 2.98. The van der Waals surface area contributed by atoms with Crippen molar-refractivity contribution < 1.29 is 14.7 Å². The van der Waals surface area contributed by atoms with Gasteiger partial charge in [-0.2, -0.15) is 0 Å². The number of rotatable bonds is 4. The zero-order chi connectivity index (χ0) is 12.4. The van der Waals surface area contributed by atoms with Gasteiger partial charge in [0.05, 0.1) is 19.0 Å². The third-order valence-corrected chi connectivity index (χ3v) is 3.71. The van der Waals surface area contributed by atoms with E-state index in [4.69, 9.17) is 11.5 Å². The van der Waals surface area contributed by atoms with E-state index in [1.807, 2.05) is 4.90 Å². The molecular formula is C12H16N2O3. The van der Waals surface area contributed by atoms with Gasteiger partial charge in [-0.25, -0.2) is 0 Å². The number of nitrogens with one attached hydrogen (secondary N) is 1. The topological polar surface area (TPSA) is 69.6 Å². The van der Waals surface area contributed by atoms with Gasteiger partial charge in [0.15, 0.2) is 0 Å². The van der Waals surface area contributed by atoms with Crippen molar-refractivity contribution in [1.82, 2.24) is 10.2 Å². The van der Waals surface area contributed by atoms with E-state index < -0.39 is 5.97 Å². The highest BCUT2D eigenvalue weighted by atomic mass is 16.4. The molecule has 2 heterocycles. The Hall–Kier alpha value is -1.54. The Balaban J connectivity index is 1.93. The summed E-state index contributed by atoms with van der Waals surface area (Å²) in [5.41, 5.74) is 0. The van der Waals surface area contributed by atoms with E-state index in [1.54, 1.807) is 0 Å². The monoisotopic (exact) mass is 236 g/mol. The summed E-state index contributed by atoms with van der Waals surface area (Å²) in [6.45, 7) is 0.491. The highest BCUT2D eigenvalue weighted by Gasteiger charge is 2.49. The average molecular weight is 236 g/mol. The molecule has 0 radical (unpaired) electrons. The Labute approximate surface area is 100 Å². The third-order valence-electron chi connectivity index (χ3n) is 3.71. The Morgan fingerprint density at radius 1 is 1.47 bits per heavy atom. The highest BCUT2D eigenvalue weighted by Crippen LogP contribution is 2.41. The van der Waals surface area contributed by atoms with E-state index in [-0.39, 0.29) is 37.0 Å². The van der Waals surface area contributed by atoms with Gasteiger partial charge in [-0.05, 0) is 19.3 Å². The maximum absolute atomic E-state index is 11.6. The molecule has 5 heteroatoms. The molecular weight excluding hydrogens is 220 g/mol. The van der Waals surface area contributed by atoms with Gasteiger partial charge in [-0.15, -0.1) is 6.42 Å². The quantitative estimate of drug-likeness (QED) is 0.656. The van der Waals surface area contributed by atoms with Gasteiger partial charge in [0.1, 0.15) is 0 Å². The van der Waals surface area contributed by atoms with Gasteiger partial charge in [-0.3, -0.25) is 14.5 Å². The predicted octanol–water partition coefficient (Wildman–Crippen LogP) is -0.327. The maximum atomic E-state index is 11.6. The zero-order valence-corrected chi connectivity index (χ0v) is 9.56. The molecule has 2 N–H and O–H groups in total. The first-order valence-electron chi connectivity index (χ1n) is 5.82. The summed E-state index contributed by atoms with van der Waals surface area (Å²) in [4.78, 5) is 24.6. The van der Waals surface area contributed by atoms with Crippen LogP contribution in [0.5, 0.6) is 0 Å². The minimum absolute atomic E-state index is 0.0223. The van der Waals surface area contributed by atoms with Crippen molar-refractivity contribution >= 4 is 11.9 Å².